The molecular formula is C23H23ClFN3O3. The molecule has 1 aliphatic heterocycles. The summed E-state index contributed by atoms with van der Waals surface area (Å²) in [7, 11) is 1.48. The zero-order chi connectivity index (χ0) is 22.8. The summed E-state index contributed by atoms with van der Waals surface area (Å²) in [6.45, 7) is 5.69. The van der Waals surface area contributed by atoms with Crippen molar-refractivity contribution in [3.8, 4) is 17.6 Å². The van der Waals surface area contributed by atoms with Gasteiger partial charge in [0.1, 0.15) is 12.4 Å². The van der Waals surface area contributed by atoms with Crippen LogP contribution in [0.3, 0.4) is 0 Å². The molecule has 8 heteroatoms. The van der Waals surface area contributed by atoms with Crippen LogP contribution < -0.4 is 20.1 Å². The van der Waals surface area contributed by atoms with Gasteiger partial charge in [-0.15, -0.1) is 0 Å². The third-order valence-electron chi connectivity index (χ3n) is 4.90. The maximum atomic E-state index is 14.0. The molecule has 6 nitrogen and oxygen atoms in total. The van der Waals surface area contributed by atoms with Crippen molar-refractivity contribution in [3.05, 3.63) is 69.6 Å². The first-order valence-electron chi connectivity index (χ1n) is 9.61. The molecule has 2 amide bonds. The van der Waals surface area contributed by atoms with E-state index in [-0.39, 0.29) is 23.2 Å². The lowest BCUT2D eigenvalue weighted by atomic mass is 9.84. The highest BCUT2D eigenvalue weighted by atomic mass is 35.5. The van der Waals surface area contributed by atoms with Crippen molar-refractivity contribution in [2.75, 3.05) is 7.11 Å². The highest BCUT2D eigenvalue weighted by Gasteiger charge is 2.34. The number of halogens is 2. The Hall–Kier alpha value is -3.24. The van der Waals surface area contributed by atoms with Crippen molar-refractivity contribution in [2.24, 2.45) is 5.41 Å². The SMILES string of the molecule is COc1cc([C@@H]2NC(=O)NC(C(C)(C)C)=C2C#N)ccc1OCc1c(F)cccc1Cl. The van der Waals surface area contributed by atoms with Crippen LogP contribution in [0.2, 0.25) is 5.02 Å². The van der Waals surface area contributed by atoms with Gasteiger partial charge in [-0.05, 0) is 29.8 Å². The molecule has 2 aromatic carbocycles. The molecule has 0 saturated carbocycles. The molecule has 0 aliphatic carbocycles. The van der Waals surface area contributed by atoms with Gasteiger partial charge in [0.2, 0.25) is 0 Å². The van der Waals surface area contributed by atoms with Gasteiger partial charge in [0.15, 0.2) is 11.5 Å². The quantitative estimate of drug-likeness (QED) is 0.661. The maximum absolute atomic E-state index is 14.0. The van der Waals surface area contributed by atoms with Crippen LogP contribution in [-0.4, -0.2) is 13.1 Å². The molecule has 0 saturated heterocycles. The smallest absolute Gasteiger partial charge is 0.319 e. The fourth-order valence-electron chi connectivity index (χ4n) is 3.33. The van der Waals surface area contributed by atoms with E-state index in [1.165, 1.54) is 19.2 Å². The molecule has 0 fully saturated rings. The van der Waals surface area contributed by atoms with E-state index in [9.17, 15) is 14.4 Å². The Bertz CT molecular complexity index is 1070. The standard InChI is InChI=1S/C23H23ClFN3O3/c1-23(2,3)21-14(11-26)20(27-22(29)28-21)13-8-9-18(19(10-13)30-4)31-12-15-16(24)6-5-7-17(15)25/h5-10,20H,12H2,1-4H3,(H2,27,28,29)/t20-/m0/s1. The number of hydrogen-bond acceptors (Lipinski definition) is 4. The predicted molar refractivity (Wildman–Crippen MR) is 115 cm³/mol. The Kier molecular flexibility index (Phi) is 6.42. The molecule has 0 spiro atoms. The Labute approximate surface area is 185 Å². The van der Waals surface area contributed by atoms with Gasteiger partial charge in [-0.3, -0.25) is 0 Å². The summed E-state index contributed by atoms with van der Waals surface area (Å²) in [4.78, 5) is 12.2. The van der Waals surface area contributed by atoms with Crippen LogP contribution in [0, 0.1) is 22.6 Å². The summed E-state index contributed by atoms with van der Waals surface area (Å²) >= 11 is 6.06. The van der Waals surface area contributed by atoms with E-state index in [1.54, 1.807) is 24.3 Å². The van der Waals surface area contributed by atoms with Crippen molar-refractivity contribution >= 4 is 17.6 Å². The Morgan fingerprint density at radius 3 is 2.58 bits per heavy atom. The molecule has 0 bridgehead atoms. The van der Waals surface area contributed by atoms with Gasteiger partial charge < -0.3 is 20.1 Å². The number of rotatable bonds is 5. The molecule has 1 aliphatic rings. The normalized spacial score (nSPS) is 16.3. The number of methoxy groups -OCH3 is 1. The second-order valence-corrected chi connectivity index (χ2v) is 8.49. The largest absolute Gasteiger partial charge is 0.493 e. The van der Waals surface area contributed by atoms with Gasteiger partial charge in [-0.25, -0.2) is 9.18 Å². The van der Waals surface area contributed by atoms with Crippen LogP contribution in [0.4, 0.5) is 9.18 Å². The number of ether oxygens (including phenoxy) is 2. The average molecular weight is 444 g/mol. The number of nitrogens with one attached hydrogen (secondary N) is 2. The maximum Gasteiger partial charge on any atom is 0.319 e. The number of carbonyl (C=O) groups excluding carboxylic acids is 1. The molecule has 1 atom stereocenters. The van der Waals surface area contributed by atoms with Crippen molar-refractivity contribution < 1.29 is 18.7 Å². The average Bonchev–Trinajstić information content (AvgIpc) is 2.72. The van der Waals surface area contributed by atoms with E-state index < -0.39 is 17.3 Å². The molecule has 2 N–H and O–H groups in total. The van der Waals surface area contributed by atoms with Crippen LogP contribution in [0.5, 0.6) is 11.5 Å². The molecule has 162 valence electrons. The van der Waals surface area contributed by atoms with E-state index in [2.05, 4.69) is 16.7 Å². The van der Waals surface area contributed by atoms with Crippen molar-refractivity contribution in [2.45, 2.75) is 33.4 Å². The summed E-state index contributed by atoms with van der Waals surface area (Å²) in [6.07, 6.45) is 0. The van der Waals surface area contributed by atoms with Crippen molar-refractivity contribution in [1.82, 2.24) is 10.6 Å². The summed E-state index contributed by atoms with van der Waals surface area (Å²) in [5, 5.41) is 15.6. The van der Waals surface area contributed by atoms with Crippen LogP contribution >= 0.6 is 11.6 Å². The number of carbonyl (C=O) groups is 1. The second-order valence-electron chi connectivity index (χ2n) is 8.08. The Balaban J connectivity index is 1.94. The number of amides is 2. The van der Waals surface area contributed by atoms with Crippen LogP contribution in [0.25, 0.3) is 0 Å². The fourth-order valence-corrected chi connectivity index (χ4v) is 3.55. The summed E-state index contributed by atoms with van der Waals surface area (Å²) in [6, 6.07) is 10.7. The van der Waals surface area contributed by atoms with Crippen molar-refractivity contribution in [1.29, 1.82) is 5.26 Å². The number of hydrogen-bond donors (Lipinski definition) is 2. The van der Waals surface area contributed by atoms with Gasteiger partial charge in [0.25, 0.3) is 0 Å². The first kappa shape index (κ1) is 22.4. The van der Waals surface area contributed by atoms with Crippen LogP contribution in [0.1, 0.15) is 37.9 Å². The zero-order valence-corrected chi connectivity index (χ0v) is 18.4. The molecule has 2 aromatic rings. The lowest BCUT2D eigenvalue weighted by molar-refractivity contribution is 0.235. The minimum absolute atomic E-state index is 0.0805. The van der Waals surface area contributed by atoms with E-state index in [0.29, 0.717) is 28.3 Å². The number of nitriles is 1. The summed E-state index contributed by atoms with van der Waals surface area (Å²) in [5.41, 5.74) is 1.46. The Morgan fingerprint density at radius 1 is 1.23 bits per heavy atom. The molecule has 0 radical (unpaired) electrons. The highest BCUT2D eigenvalue weighted by Crippen LogP contribution is 2.38. The van der Waals surface area contributed by atoms with Gasteiger partial charge in [0, 0.05) is 16.7 Å². The highest BCUT2D eigenvalue weighted by molar-refractivity contribution is 6.31. The third-order valence-corrected chi connectivity index (χ3v) is 5.25. The number of urea groups is 1. The van der Waals surface area contributed by atoms with Crippen LogP contribution in [-0.2, 0) is 6.61 Å². The Morgan fingerprint density at radius 2 is 1.97 bits per heavy atom. The molecule has 31 heavy (non-hydrogen) atoms. The van der Waals surface area contributed by atoms with Gasteiger partial charge in [-0.2, -0.15) is 5.26 Å². The van der Waals surface area contributed by atoms with E-state index >= 15 is 0 Å². The summed E-state index contributed by atoms with van der Waals surface area (Å²) < 4.78 is 25.2. The lowest BCUT2D eigenvalue weighted by Gasteiger charge is -2.33. The number of nitrogens with zero attached hydrogens (tertiary/aromatic N) is 1. The second kappa shape index (κ2) is 8.86. The van der Waals surface area contributed by atoms with Gasteiger partial charge in [-0.1, -0.05) is 44.5 Å². The van der Waals surface area contributed by atoms with Gasteiger partial charge in [0.05, 0.1) is 29.8 Å². The molecule has 1 heterocycles. The van der Waals surface area contributed by atoms with E-state index in [0.717, 1.165) is 0 Å². The third kappa shape index (κ3) is 4.75. The summed E-state index contributed by atoms with van der Waals surface area (Å²) in [5.74, 6) is 0.302. The van der Waals surface area contributed by atoms with Gasteiger partial charge >= 0.3 is 6.03 Å². The van der Waals surface area contributed by atoms with Crippen LogP contribution in [0.15, 0.2) is 47.7 Å². The zero-order valence-electron chi connectivity index (χ0n) is 17.7. The molecule has 0 unspecified atom stereocenters. The number of allylic oxidation sites excluding steroid dienone is 1. The first-order valence-corrected chi connectivity index (χ1v) is 9.99. The molecular weight excluding hydrogens is 421 g/mol. The molecule has 3 rings (SSSR count). The van der Waals surface area contributed by atoms with E-state index in [4.69, 9.17) is 21.1 Å². The van der Waals surface area contributed by atoms with Crippen molar-refractivity contribution in [3.63, 3.8) is 0 Å². The lowest BCUT2D eigenvalue weighted by Crippen LogP contribution is -2.46. The topological polar surface area (TPSA) is 83.4 Å². The number of benzene rings is 2. The van der Waals surface area contributed by atoms with E-state index in [1.807, 2.05) is 20.8 Å². The molecule has 0 aromatic heterocycles. The fraction of sp³-hybridized carbons (Fsp3) is 0.304. The predicted octanol–water partition coefficient (Wildman–Crippen LogP) is 5.24. The first-order chi connectivity index (χ1) is 14.7. The minimum atomic E-state index is -0.642. The minimum Gasteiger partial charge on any atom is -0.493 e. The monoisotopic (exact) mass is 443 g/mol.